The van der Waals surface area contributed by atoms with Gasteiger partial charge in [-0.1, -0.05) is 62.1 Å². The first-order valence-corrected chi connectivity index (χ1v) is 12.7. The van der Waals surface area contributed by atoms with E-state index in [0.717, 1.165) is 37.2 Å². The van der Waals surface area contributed by atoms with Gasteiger partial charge in [-0.05, 0) is 69.7 Å². The average Bonchev–Trinajstić information content (AvgIpc) is 2.77. The summed E-state index contributed by atoms with van der Waals surface area (Å²) >= 11 is 5.91. The fourth-order valence-corrected chi connectivity index (χ4v) is 4.21. The molecule has 2 N–H and O–H groups in total. The molecule has 0 aromatic heterocycles. The third-order valence-corrected chi connectivity index (χ3v) is 7.20. The largest absolute Gasteiger partial charge is 0.378 e. The number of halogens is 2. The fraction of sp³-hybridized carbons (Fsp3) is 0.692. The molecule has 1 aromatic rings. The topological polar surface area (TPSA) is 52.0 Å². The van der Waals surface area contributed by atoms with Crippen LogP contribution in [0.5, 0.6) is 0 Å². The van der Waals surface area contributed by atoms with Crippen LogP contribution in [0.25, 0.3) is 0 Å². The Bertz CT molecular complexity index is 776. The SMILES string of the molecule is C=C(C)C(CCN(C)N=NC(C)C(C)(C)CCNC1CCCCC1)Nc1ccc(F)c(Cl)c1. The zero-order valence-electron chi connectivity index (χ0n) is 21.1. The van der Waals surface area contributed by atoms with Gasteiger partial charge in [0.15, 0.2) is 0 Å². The third kappa shape index (κ3) is 9.62. The van der Waals surface area contributed by atoms with Crippen molar-refractivity contribution in [2.45, 2.75) is 90.8 Å². The molecular formula is C26H43ClFN5. The molecule has 7 heteroatoms. The highest BCUT2D eigenvalue weighted by Crippen LogP contribution is 2.28. The minimum atomic E-state index is -0.420. The van der Waals surface area contributed by atoms with Gasteiger partial charge in [0.2, 0.25) is 0 Å². The summed E-state index contributed by atoms with van der Waals surface area (Å²) in [6.45, 7) is 14.5. The van der Waals surface area contributed by atoms with Crippen LogP contribution in [0.15, 0.2) is 40.7 Å². The highest BCUT2D eigenvalue weighted by atomic mass is 35.5. The predicted molar refractivity (Wildman–Crippen MR) is 138 cm³/mol. The van der Waals surface area contributed by atoms with Crippen LogP contribution in [-0.4, -0.2) is 43.3 Å². The second-order valence-corrected chi connectivity index (χ2v) is 10.7. The van der Waals surface area contributed by atoms with Gasteiger partial charge < -0.3 is 10.6 Å². The fourth-order valence-electron chi connectivity index (χ4n) is 4.03. The Morgan fingerprint density at radius 3 is 2.64 bits per heavy atom. The average molecular weight is 480 g/mol. The van der Waals surface area contributed by atoms with Crippen LogP contribution in [-0.2, 0) is 0 Å². The minimum absolute atomic E-state index is 0.0314. The molecule has 2 unspecified atom stereocenters. The number of nitrogens with zero attached hydrogens (tertiary/aromatic N) is 3. The van der Waals surface area contributed by atoms with Crippen LogP contribution in [0.2, 0.25) is 5.02 Å². The molecule has 5 nitrogen and oxygen atoms in total. The molecule has 0 amide bonds. The predicted octanol–water partition coefficient (Wildman–Crippen LogP) is 7.25. The van der Waals surface area contributed by atoms with Crippen LogP contribution < -0.4 is 10.6 Å². The van der Waals surface area contributed by atoms with Gasteiger partial charge in [-0.15, -0.1) is 0 Å². The lowest BCUT2D eigenvalue weighted by Crippen LogP contribution is -2.36. The molecule has 0 radical (unpaired) electrons. The highest BCUT2D eigenvalue weighted by Gasteiger charge is 2.26. The van der Waals surface area contributed by atoms with E-state index in [1.807, 2.05) is 19.0 Å². The van der Waals surface area contributed by atoms with E-state index in [1.165, 1.54) is 38.2 Å². The van der Waals surface area contributed by atoms with Crippen LogP contribution in [0, 0.1) is 11.2 Å². The van der Waals surface area contributed by atoms with Crippen molar-refractivity contribution in [3.63, 3.8) is 0 Å². The summed E-state index contributed by atoms with van der Waals surface area (Å²) in [7, 11) is 1.94. The monoisotopic (exact) mass is 479 g/mol. The maximum absolute atomic E-state index is 13.4. The maximum Gasteiger partial charge on any atom is 0.141 e. The van der Waals surface area contributed by atoms with E-state index in [-0.39, 0.29) is 22.5 Å². The number of rotatable bonds is 13. The van der Waals surface area contributed by atoms with Gasteiger partial charge in [0, 0.05) is 31.4 Å². The Balaban J connectivity index is 1.78. The van der Waals surface area contributed by atoms with Crippen LogP contribution in [0.1, 0.15) is 72.6 Å². The normalized spacial score (nSPS) is 17.2. The van der Waals surface area contributed by atoms with E-state index in [9.17, 15) is 4.39 Å². The molecule has 1 aliphatic rings. The third-order valence-electron chi connectivity index (χ3n) is 6.91. The molecule has 0 saturated heterocycles. The first-order chi connectivity index (χ1) is 15.6. The van der Waals surface area contributed by atoms with E-state index in [0.29, 0.717) is 6.04 Å². The molecule has 2 atom stereocenters. The van der Waals surface area contributed by atoms with Crippen LogP contribution >= 0.6 is 11.6 Å². The zero-order valence-corrected chi connectivity index (χ0v) is 21.9. The van der Waals surface area contributed by atoms with Gasteiger partial charge >= 0.3 is 0 Å². The molecule has 1 aliphatic carbocycles. The Morgan fingerprint density at radius 1 is 1.30 bits per heavy atom. The summed E-state index contributed by atoms with van der Waals surface area (Å²) in [5.74, 6) is -0.420. The van der Waals surface area contributed by atoms with Crippen molar-refractivity contribution in [1.82, 2.24) is 10.3 Å². The van der Waals surface area contributed by atoms with Crippen molar-refractivity contribution in [1.29, 1.82) is 0 Å². The standard InChI is InChI=1S/C26H43ClFN5/c1-19(2)25(30-22-12-13-24(28)23(27)18-22)14-17-33(6)32-31-20(3)26(4,5)15-16-29-21-10-8-7-9-11-21/h12-13,18,20-21,25,29-30H,1,7-11,14-17H2,2-6H3. The quantitative estimate of drug-likeness (QED) is 0.178. The molecule has 0 spiro atoms. The van der Waals surface area contributed by atoms with Crippen molar-refractivity contribution in [2.24, 2.45) is 15.8 Å². The first kappa shape index (κ1) is 27.6. The molecule has 0 aliphatic heterocycles. The number of nitrogens with one attached hydrogen (secondary N) is 2. The van der Waals surface area contributed by atoms with Gasteiger partial charge in [0.05, 0.1) is 11.1 Å². The Kier molecular flexibility index (Phi) is 11.1. The zero-order chi connectivity index (χ0) is 24.4. The van der Waals surface area contributed by atoms with Crippen LogP contribution in [0.4, 0.5) is 10.1 Å². The first-order valence-electron chi connectivity index (χ1n) is 12.3. The molecule has 186 valence electrons. The minimum Gasteiger partial charge on any atom is -0.378 e. The lowest BCUT2D eigenvalue weighted by Gasteiger charge is -2.30. The second kappa shape index (κ2) is 13.3. The van der Waals surface area contributed by atoms with Gasteiger partial charge in [0.1, 0.15) is 5.82 Å². The Labute approximate surface area is 205 Å². The second-order valence-electron chi connectivity index (χ2n) is 10.3. The van der Waals surface area contributed by atoms with Crippen molar-refractivity contribution in [3.05, 3.63) is 41.2 Å². The van der Waals surface area contributed by atoms with Gasteiger partial charge in [-0.25, -0.2) is 4.39 Å². The van der Waals surface area contributed by atoms with E-state index < -0.39 is 5.82 Å². The van der Waals surface area contributed by atoms with E-state index in [1.54, 1.807) is 12.1 Å². The lowest BCUT2D eigenvalue weighted by molar-refractivity contribution is 0.235. The smallest absolute Gasteiger partial charge is 0.141 e. The summed E-state index contributed by atoms with van der Waals surface area (Å²) in [6.07, 6.45) is 8.61. The van der Waals surface area contributed by atoms with Crippen molar-refractivity contribution >= 4 is 17.3 Å². The number of hydrogen-bond acceptors (Lipinski definition) is 4. The summed E-state index contributed by atoms with van der Waals surface area (Å²) < 4.78 is 13.4. The molecule has 1 aromatic carbocycles. The van der Waals surface area contributed by atoms with Crippen molar-refractivity contribution in [2.75, 3.05) is 25.5 Å². The summed E-state index contributed by atoms with van der Waals surface area (Å²) in [4.78, 5) is 0. The summed E-state index contributed by atoms with van der Waals surface area (Å²) in [5.41, 5.74) is 1.85. The summed E-state index contributed by atoms with van der Waals surface area (Å²) in [5, 5.41) is 18.2. The maximum atomic E-state index is 13.4. The Hall–Kier alpha value is -1.66. The molecule has 2 rings (SSSR count). The Morgan fingerprint density at radius 2 is 2.00 bits per heavy atom. The molecule has 0 heterocycles. The highest BCUT2D eigenvalue weighted by molar-refractivity contribution is 6.31. The summed E-state index contributed by atoms with van der Waals surface area (Å²) in [6, 6.07) is 5.51. The number of anilines is 1. The number of hydrogen-bond donors (Lipinski definition) is 2. The van der Waals surface area contributed by atoms with E-state index in [2.05, 4.69) is 48.3 Å². The van der Waals surface area contributed by atoms with Crippen molar-refractivity contribution < 1.29 is 4.39 Å². The van der Waals surface area contributed by atoms with Crippen molar-refractivity contribution in [3.8, 4) is 0 Å². The number of benzene rings is 1. The molecular weight excluding hydrogens is 437 g/mol. The van der Waals surface area contributed by atoms with Gasteiger partial charge in [-0.2, -0.15) is 5.11 Å². The lowest BCUT2D eigenvalue weighted by atomic mass is 9.82. The van der Waals surface area contributed by atoms with Crippen LogP contribution in [0.3, 0.4) is 0 Å². The molecule has 33 heavy (non-hydrogen) atoms. The molecule has 1 fully saturated rings. The van der Waals surface area contributed by atoms with E-state index in [4.69, 9.17) is 11.6 Å². The molecule has 1 saturated carbocycles. The van der Waals surface area contributed by atoms with Gasteiger partial charge in [0.25, 0.3) is 0 Å². The molecule has 0 bridgehead atoms. The van der Waals surface area contributed by atoms with E-state index >= 15 is 0 Å². The van der Waals surface area contributed by atoms with Gasteiger partial charge in [-0.3, -0.25) is 5.01 Å².